The van der Waals surface area contributed by atoms with E-state index in [1.165, 1.54) is 23.9 Å². The van der Waals surface area contributed by atoms with Crippen molar-refractivity contribution in [1.82, 2.24) is 20.1 Å². The van der Waals surface area contributed by atoms with Gasteiger partial charge < -0.3 is 10.6 Å². The van der Waals surface area contributed by atoms with Crippen LogP contribution in [0, 0.1) is 12.7 Å². The molecule has 0 spiro atoms. The number of hydrogen-bond acceptors (Lipinski definition) is 4. The summed E-state index contributed by atoms with van der Waals surface area (Å²) in [5.74, 6) is 0.929. The van der Waals surface area contributed by atoms with Crippen molar-refractivity contribution in [1.29, 1.82) is 0 Å². The first-order valence-corrected chi connectivity index (χ1v) is 14.5. The van der Waals surface area contributed by atoms with E-state index in [0.717, 1.165) is 26.9 Å². The van der Waals surface area contributed by atoms with E-state index < -0.39 is 6.04 Å². The maximum Gasteiger partial charge on any atom is 0.319 e. The van der Waals surface area contributed by atoms with Crippen LogP contribution in [0.25, 0.3) is 5.69 Å². The average Bonchev–Trinajstić information content (AvgIpc) is 3.37. The zero-order valence-electron chi connectivity index (χ0n) is 21.7. The lowest BCUT2D eigenvalue weighted by Gasteiger charge is -2.21. The summed E-state index contributed by atoms with van der Waals surface area (Å²) >= 11 is 4.95. The highest BCUT2D eigenvalue weighted by atomic mass is 79.9. The number of urea groups is 1. The van der Waals surface area contributed by atoms with Crippen molar-refractivity contribution in [2.24, 2.45) is 0 Å². The number of rotatable bonds is 9. The lowest BCUT2D eigenvalue weighted by molar-refractivity contribution is 0.247. The van der Waals surface area contributed by atoms with Crippen LogP contribution in [0.4, 0.5) is 14.9 Å². The highest BCUT2D eigenvalue weighted by Gasteiger charge is 2.25. The lowest BCUT2D eigenvalue weighted by atomic mass is 10.1. The van der Waals surface area contributed by atoms with Crippen LogP contribution in [-0.2, 0) is 12.2 Å². The van der Waals surface area contributed by atoms with E-state index in [0.29, 0.717) is 28.8 Å². The molecule has 0 aliphatic carbocycles. The van der Waals surface area contributed by atoms with Gasteiger partial charge in [0.25, 0.3) is 0 Å². The van der Waals surface area contributed by atoms with Crippen LogP contribution in [0.15, 0.2) is 113 Å². The zero-order valence-corrected chi connectivity index (χ0v) is 24.1. The van der Waals surface area contributed by atoms with Crippen LogP contribution in [0.3, 0.4) is 0 Å². The fourth-order valence-electron chi connectivity index (χ4n) is 4.21. The quantitative estimate of drug-likeness (QED) is 0.165. The Hall–Kier alpha value is -3.95. The van der Waals surface area contributed by atoms with E-state index in [2.05, 4.69) is 36.8 Å². The normalized spacial score (nSPS) is 11.7. The Morgan fingerprint density at radius 1 is 0.925 bits per heavy atom. The molecule has 0 saturated heterocycles. The van der Waals surface area contributed by atoms with Crippen molar-refractivity contribution in [2.45, 2.75) is 30.3 Å². The van der Waals surface area contributed by atoms with E-state index in [1.54, 1.807) is 12.1 Å². The smallest absolute Gasteiger partial charge is 0.319 e. The van der Waals surface area contributed by atoms with Gasteiger partial charge in [0.05, 0.1) is 6.04 Å². The Bertz CT molecular complexity index is 1580. The number of anilines is 1. The third-order valence-corrected chi connectivity index (χ3v) is 7.71. The molecule has 1 heterocycles. The van der Waals surface area contributed by atoms with Gasteiger partial charge in [-0.1, -0.05) is 93.9 Å². The maximum absolute atomic E-state index is 13.4. The van der Waals surface area contributed by atoms with Crippen LogP contribution in [-0.4, -0.2) is 20.8 Å². The predicted molar refractivity (Wildman–Crippen MR) is 161 cm³/mol. The molecule has 0 bridgehead atoms. The number of hydrogen-bond donors (Lipinski definition) is 2. The van der Waals surface area contributed by atoms with Gasteiger partial charge in [-0.05, 0) is 60.5 Å². The van der Waals surface area contributed by atoms with Crippen molar-refractivity contribution < 1.29 is 9.18 Å². The molecule has 1 aromatic heterocycles. The SMILES string of the molecule is Cc1ccc(-n2c(SCc3ccc(F)cc3)nnc2C(Cc2ccccc2)NC(=O)Nc2cccc(Br)c2)cc1. The summed E-state index contributed by atoms with van der Waals surface area (Å²) in [6, 6.07) is 31.1. The minimum atomic E-state index is -0.483. The van der Waals surface area contributed by atoms with E-state index >= 15 is 0 Å². The van der Waals surface area contributed by atoms with Gasteiger partial charge in [-0.2, -0.15) is 0 Å². The molecular formula is C31H27BrFN5OS. The molecule has 2 N–H and O–H groups in total. The molecule has 5 aromatic rings. The summed E-state index contributed by atoms with van der Waals surface area (Å²) in [5, 5.41) is 15.9. The van der Waals surface area contributed by atoms with Gasteiger partial charge in [-0.15, -0.1) is 10.2 Å². The number of nitrogens with one attached hydrogen (secondary N) is 2. The van der Waals surface area contributed by atoms with Crippen molar-refractivity contribution in [3.8, 4) is 5.69 Å². The van der Waals surface area contributed by atoms with Crippen molar-refractivity contribution >= 4 is 39.4 Å². The molecule has 1 atom stereocenters. The number of halogens is 2. The zero-order chi connectivity index (χ0) is 27.9. The summed E-state index contributed by atoms with van der Waals surface area (Å²) < 4.78 is 16.3. The van der Waals surface area contributed by atoms with Gasteiger partial charge in [-0.25, -0.2) is 9.18 Å². The molecule has 0 radical (unpaired) electrons. The molecule has 0 saturated carbocycles. The second kappa shape index (κ2) is 12.9. The molecule has 0 aliphatic rings. The molecule has 5 rings (SSSR count). The predicted octanol–water partition coefficient (Wildman–Crippen LogP) is 7.88. The molecule has 0 fully saturated rings. The molecule has 4 aromatic carbocycles. The molecular weight excluding hydrogens is 589 g/mol. The Balaban J connectivity index is 1.49. The Morgan fingerprint density at radius 2 is 1.68 bits per heavy atom. The number of thioether (sulfide) groups is 1. The first-order valence-electron chi connectivity index (χ1n) is 12.7. The number of amides is 2. The van der Waals surface area contributed by atoms with Gasteiger partial charge >= 0.3 is 6.03 Å². The van der Waals surface area contributed by atoms with Crippen LogP contribution in [0.5, 0.6) is 0 Å². The first-order chi connectivity index (χ1) is 19.4. The Labute approximate surface area is 245 Å². The summed E-state index contributed by atoms with van der Waals surface area (Å²) in [6.45, 7) is 2.03. The minimum absolute atomic E-state index is 0.269. The summed E-state index contributed by atoms with van der Waals surface area (Å²) in [7, 11) is 0. The highest BCUT2D eigenvalue weighted by molar-refractivity contribution is 9.10. The van der Waals surface area contributed by atoms with Crippen LogP contribution in [0.2, 0.25) is 0 Å². The van der Waals surface area contributed by atoms with E-state index in [9.17, 15) is 9.18 Å². The number of aromatic nitrogens is 3. The molecule has 1 unspecified atom stereocenters. The van der Waals surface area contributed by atoms with Crippen molar-refractivity contribution in [3.05, 3.63) is 136 Å². The monoisotopic (exact) mass is 615 g/mol. The number of carbonyl (C=O) groups is 1. The summed E-state index contributed by atoms with van der Waals surface area (Å²) in [4.78, 5) is 13.2. The van der Waals surface area contributed by atoms with Gasteiger partial charge in [0.2, 0.25) is 0 Å². The Morgan fingerprint density at radius 3 is 2.40 bits per heavy atom. The summed E-state index contributed by atoms with van der Waals surface area (Å²) in [5.41, 5.74) is 4.71. The Kier molecular flexibility index (Phi) is 8.93. The van der Waals surface area contributed by atoms with Gasteiger partial charge in [0, 0.05) is 28.0 Å². The van der Waals surface area contributed by atoms with Gasteiger partial charge in [0.15, 0.2) is 11.0 Å². The van der Waals surface area contributed by atoms with Crippen molar-refractivity contribution in [2.75, 3.05) is 5.32 Å². The first kappa shape index (κ1) is 27.6. The molecule has 202 valence electrons. The van der Waals surface area contributed by atoms with E-state index in [4.69, 9.17) is 0 Å². The highest BCUT2D eigenvalue weighted by Crippen LogP contribution is 2.29. The topological polar surface area (TPSA) is 71.8 Å². The second-order valence-corrected chi connectivity index (χ2v) is 11.1. The van der Waals surface area contributed by atoms with E-state index in [-0.39, 0.29) is 11.8 Å². The molecule has 9 heteroatoms. The van der Waals surface area contributed by atoms with Crippen LogP contribution >= 0.6 is 27.7 Å². The third-order valence-electron chi connectivity index (χ3n) is 6.21. The summed E-state index contributed by atoms with van der Waals surface area (Å²) in [6.07, 6.45) is 0.513. The number of benzene rings is 4. The molecule has 2 amide bonds. The third kappa shape index (κ3) is 7.16. The van der Waals surface area contributed by atoms with Crippen LogP contribution < -0.4 is 10.6 Å². The van der Waals surface area contributed by atoms with Gasteiger partial charge in [0.1, 0.15) is 5.82 Å². The fourth-order valence-corrected chi connectivity index (χ4v) is 5.53. The second-order valence-electron chi connectivity index (χ2n) is 9.28. The van der Waals surface area contributed by atoms with Gasteiger partial charge in [-0.3, -0.25) is 4.57 Å². The number of carbonyl (C=O) groups excluding carboxylic acids is 1. The number of nitrogens with zero attached hydrogens (tertiary/aromatic N) is 3. The number of aryl methyl sites for hydroxylation is 1. The van der Waals surface area contributed by atoms with Crippen LogP contribution in [0.1, 0.15) is 28.6 Å². The molecule has 40 heavy (non-hydrogen) atoms. The largest absolute Gasteiger partial charge is 0.327 e. The standard InChI is InChI=1S/C31H27BrFN5OS/c1-21-10-16-27(17-11-21)38-29(36-37-31(38)40-20-23-12-14-25(33)15-13-23)28(18-22-6-3-2-4-7-22)35-30(39)34-26-9-5-8-24(32)19-26/h2-17,19,28H,18,20H2,1H3,(H2,34,35,39). The fraction of sp³-hybridized carbons (Fsp3) is 0.129. The lowest BCUT2D eigenvalue weighted by Crippen LogP contribution is -2.35. The average molecular weight is 617 g/mol. The maximum atomic E-state index is 13.4. The molecule has 6 nitrogen and oxygen atoms in total. The minimum Gasteiger partial charge on any atom is -0.327 e. The molecule has 0 aliphatic heterocycles. The van der Waals surface area contributed by atoms with E-state index in [1.807, 2.05) is 90.4 Å². The van der Waals surface area contributed by atoms with Crippen molar-refractivity contribution in [3.63, 3.8) is 0 Å².